The van der Waals surface area contributed by atoms with Gasteiger partial charge in [-0.1, -0.05) is 15.9 Å². The highest BCUT2D eigenvalue weighted by Gasteiger charge is 2.27. The second-order valence-corrected chi connectivity index (χ2v) is 5.24. The predicted octanol–water partition coefficient (Wildman–Crippen LogP) is 1.49. The van der Waals surface area contributed by atoms with Crippen LogP contribution >= 0.6 is 15.9 Å². The number of hydrogen-bond donors (Lipinski definition) is 2. The summed E-state index contributed by atoms with van der Waals surface area (Å²) in [6.07, 6.45) is 0.860. The molecule has 1 unspecified atom stereocenters. The van der Waals surface area contributed by atoms with Crippen LogP contribution in [0.5, 0.6) is 0 Å². The maximum atomic E-state index is 12.2. The molecule has 0 radical (unpaired) electrons. The highest BCUT2D eigenvalue weighted by molar-refractivity contribution is 9.10. The minimum atomic E-state index is -0.0500. The van der Waals surface area contributed by atoms with Gasteiger partial charge >= 0.3 is 0 Å². The number of rotatable bonds is 2. The molecular formula is C12H15BrN2O2. The molecule has 1 aliphatic rings. The van der Waals surface area contributed by atoms with Crippen molar-refractivity contribution in [1.29, 1.82) is 0 Å². The maximum absolute atomic E-state index is 12.2. The first kappa shape index (κ1) is 12.4. The number of likely N-dealkylation sites (tertiary alicyclic amines) is 1. The lowest BCUT2D eigenvalue weighted by atomic mass is 10.1. The Morgan fingerprint density at radius 3 is 2.94 bits per heavy atom. The van der Waals surface area contributed by atoms with E-state index in [-0.39, 0.29) is 18.4 Å². The Bertz CT molecular complexity index is 437. The minimum absolute atomic E-state index is 0.0500. The number of carbonyl (C=O) groups is 1. The van der Waals surface area contributed by atoms with Crippen molar-refractivity contribution in [3.8, 4) is 0 Å². The fraction of sp³-hybridized carbons (Fsp3) is 0.417. The third kappa shape index (κ3) is 2.61. The number of nitrogen functional groups attached to an aromatic ring is 1. The molecule has 1 aromatic rings. The summed E-state index contributed by atoms with van der Waals surface area (Å²) in [4.78, 5) is 13.9. The molecule has 1 saturated heterocycles. The molecular weight excluding hydrogens is 284 g/mol. The van der Waals surface area contributed by atoms with Gasteiger partial charge in [-0.15, -0.1) is 0 Å². The Balaban J connectivity index is 2.15. The number of nitrogens with two attached hydrogens (primary N) is 1. The van der Waals surface area contributed by atoms with Gasteiger partial charge in [-0.2, -0.15) is 0 Å². The van der Waals surface area contributed by atoms with Crippen LogP contribution in [0.2, 0.25) is 0 Å². The molecule has 0 spiro atoms. The molecule has 1 aliphatic heterocycles. The van der Waals surface area contributed by atoms with E-state index in [0.717, 1.165) is 10.9 Å². The molecule has 0 bridgehead atoms. The van der Waals surface area contributed by atoms with Crippen LogP contribution in [0, 0.1) is 5.92 Å². The quantitative estimate of drug-likeness (QED) is 0.813. The van der Waals surface area contributed by atoms with Crippen LogP contribution in [0.3, 0.4) is 0 Å². The Hall–Kier alpha value is -1.07. The first-order valence-electron chi connectivity index (χ1n) is 5.57. The van der Waals surface area contributed by atoms with E-state index >= 15 is 0 Å². The summed E-state index contributed by atoms with van der Waals surface area (Å²) in [6.45, 7) is 1.45. The molecule has 0 aliphatic carbocycles. The SMILES string of the molecule is Nc1cc(Br)ccc1C(=O)N1CCC(CO)C1. The number of nitrogens with zero attached hydrogens (tertiary/aromatic N) is 1. The molecule has 1 amide bonds. The first-order valence-corrected chi connectivity index (χ1v) is 6.36. The zero-order valence-electron chi connectivity index (χ0n) is 9.40. The molecule has 1 heterocycles. The molecule has 5 heteroatoms. The van der Waals surface area contributed by atoms with Crippen LogP contribution in [-0.2, 0) is 0 Å². The van der Waals surface area contributed by atoms with E-state index in [2.05, 4.69) is 15.9 Å². The fourth-order valence-corrected chi connectivity index (χ4v) is 2.44. The Morgan fingerprint density at radius 2 is 2.35 bits per heavy atom. The molecule has 1 atom stereocenters. The second kappa shape index (κ2) is 5.06. The lowest BCUT2D eigenvalue weighted by Crippen LogP contribution is -2.29. The van der Waals surface area contributed by atoms with Gasteiger partial charge in [0.1, 0.15) is 0 Å². The normalized spacial score (nSPS) is 19.6. The van der Waals surface area contributed by atoms with Crippen molar-refractivity contribution in [3.05, 3.63) is 28.2 Å². The van der Waals surface area contributed by atoms with E-state index in [4.69, 9.17) is 10.8 Å². The maximum Gasteiger partial charge on any atom is 0.255 e. The molecule has 0 aromatic heterocycles. The van der Waals surface area contributed by atoms with Gasteiger partial charge in [0, 0.05) is 35.8 Å². The van der Waals surface area contributed by atoms with Crippen LogP contribution in [-0.4, -0.2) is 35.6 Å². The fourth-order valence-electron chi connectivity index (χ4n) is 2.06. The van der Waals surface area contributed by atoms with Gasteiger partial charge < -0.3 is 15.7 Å². The Morgan fingerprint density at radius 1 is 1.59 bits per heavy atom. The largest absolute Gasteiger partial charge is 0.398 e. The van der Waals surface area contributed by atoms with Crippen molar-refractivity contribution in [2.75, 3.05) is 25.4 Å². The van der Waals surface area contributed by atoms with Crippen molar-refractivity contribution >= 4 is 27.5 Å². The van der Waals surface area contributed by atoms with E-state index in [1.807, 2.05) is 6.07 Å². The van der Waals surface area contributed by atoms with Crippen LogP contribution in [0.1, 0.15) is 16.8 Å². The summed E-state index contributed by atoms with van der Waals surface area (Å²) >= 11 is 3.31. The zero-order chi connectivity index (χ0) is 12.4. The lowest BCUT2D eigenvalue weighted by Gasteiger charge is -2.17. The van der Waals surface area contributed by atoms with Gasteiger partial charge in [0.25, 0.3) is 5.91 Å². The number of amides is 1. The van der Waals surface area contributed by atoms with Gasteiger partial charge in [0.15, 0.2) is 0 Å². The smallest absolute Gasteiger partial charge is 0.255 e. The number of carbonyl (C=O) groups excluding carboxylic acids is 1. The van der Waals surface area contributed by atoms with Crippen molar-refractivity contribution in [1.82, 2.24) is 4.90 Å². The monoisotopic (exact) mass is 298 g/mol. The summed E-state index contributed by atoms with van der Waals surface area (Å²) in [6, 6.07) is 5.27. The van der Waals surface area contributed by atoms with Gasteiger partial charge in [-0.3, -0.25) is 4.79 Å². The standard InChI is InChI=1S/C12H15BrN2O2/c13-9-1-2-10(11(14)5-9)12(17)15-4-3-8(6-15)7-16/h1-2,5,8,16H,3-4,6-7,14H2. The Kier molecular flexibility index (Phi) is 3.69. The summed E-state index contributed by atoms with van der Waals surface area (Å²) < 4.78 is 0.862. The lowest BCUT2D eigenvalue weighted by molar-refractivity contribution is 0.0783. The molecule has 3 N–H and O–H groups in total. The minimum Gasteiger partial charge on any atom is -0.398 e. The van der Waals surface area contributed by atoms with Crippen molar-refractivity contribution in [2.24, 2.45) is 5.92 Å². The van der Waals surface area contributed by atoms with Gasteiger partial charge in [0.05, 0.1) is 5.56 Å². The first-order chi connectivity index (χ1) is 8.11. The van der Waals surface area contributed by atoms with Crippen molar-refractivity contribution < 1.29 is 9.90 Å². The van der Waals surface area contributed by atoms with E-state index in [1.54, 1.807) is 17.0 Å². The molecule has 0 saturated carbocycles. The van der Waals surface area contributed by atoms with Gasteiger partial charge in [-0.05, 0) is 24.6 Å². The molecule has 1 aromatic carbocycles. The Labute approximate surface area is 109 Å². The van der Waals surface area contributed by atoms with Crippen LogP contribution in [0.25, 0.3) is 0 Å². The van der Waals surface area contributed by atoms with E-state index in [0.29, 0.717) is 24.3 Å². The van der Waals surface area contributed by atoms with Crippen molar-refractivity contribution in [3.63, 3.8) is 0 Å². The third-order valence-electron chi connectivity index (χ3n) is 3.08. The number of anilines is 1. The summed E-state index contributed by atoms with van der Waals surface area (Å²) in [5, 5.41) is 9.06. The summed E-state index contributed by atoms with van der Waals surface area (Å²) in [5.41, 5.74) is 6.85. The average molecular weight is 299 g/mol. The van der Waals surface area contributed by atoms with Gasteiger partial charge in [0.2, 0.25) is 0 Å². The molecule has 1 fully saturated rings. The van der Waals surface area contributed by atoms with Crippen LogP contribution in [0.15, 0.2) is 22.7 Å². The number of benzene rings is 1. The average Bonchev–Trinajstić information content (AvgIpc) is 2.76. The summed E-state index contributed by atoms with van der Waals surface area (Å²) in [5.74, 6) is 0.154. The topological polar surface area (TPSA) is 66.6 Å². The van der Waals surface area contributed by atoms with E-state index in [9.17, 15) is 4.79 Å². The molecule has 92 valence electrons. The highest BCUT2D eigenvalue weighted by Crippen LogP contribution is 2.23. The molecule has 4 nitrogen and oxygen atoms in total. The van der Waals surface area contributed by atoms with E-state index in [1.165, 1.54) is 0 Å². The molecule has 17 heavy (non-hydrogen) atoms. The molecule has 2 rings (SSSR count). The third-order valence-corrected chi connectivity index (χ3v) is 3.57. The number of aliphatic hydroxyl groups is 1. The zero-order valence-corrected chi connectivity index (χ0v) is 11.0. The highest BCUT2D eigenvalue weighted by atomic mass is 79.9. The predicted molar refractivity (Wildman–Crippen MR) is 69.7 cm³/mol. The van der Waals surface area contributed by atoms with Crippen LogP contribution < -0.4 is 5.73 Å². The van der Waals surface area contributed by atoms with E-state index < -0.39 is 0 Å². The number of aliphatic hydroxyl groups excluding tert-OH is 1. The second-order valence-electron chi connectivity index (χ2n) is 4.32. The summed E-state index contributed by atoms with van der Waals surface area (Å²) in [7, 11) is 0. The number of hydrogen-bond acceptors (Lipinski definition) is 3. The van der Waals surface area contributed by atoms with Crippen molar-refractivity contribution in [2.45, 2.75) is 6.42 Å². The van der Waals surface area contributed by atoms with Crippen LogP contribution in [0.4, 0.5) is 5.69 Å². The number of halogens is 1. The van der Waals surface area contributed by atoms with Gasteiger partial charge in [-0.25, -0.2) is 0 Å².